The third-order valence-electron chi connectivity index (χ3n) is 2.42. The monoisotopic (exact) mass is 279 g/mol. The topological polar surface area (TPSA) is 51.8 Å². The molecule has 0 fully saturated rings. The van der Waals surface area contributed by atoms with Gasteiger partial charge in [-0.2, -0.15) is 0 Å². The summed E-state index contributed by atoms with van der Waals surface area (Å²) in [6.07, 6.45) is 2.56. The Morgan fingerprint density at radius 1 is 1.33 bits per heavy atom. The van der Waals surface area contributed by atoms with E-state index < -0.39 is 0 Å². The molecule has 0 saturated heterocycles. The molecule has 0 unspecified atom stereocenters. The van der Waals surface area contributed by atoms with Gasteiger partial charge in [-0.1, -0.05) is 17.7 Å². The first-order valence-electron chi connectivity index (χ1n) is 5.65. The SMILES string of the molecule is Cc1ccnc(Sc2ccc(CCN)c(Cl)c2)n1. The normalized spacial score (nSPS) is 10.6. The number of halogens is 1. The predicted molar refractivity (Wildman–Crippen MR) is 75.1 cm³/mol. The van der Waals surface area contributed by atoms with E-state index in [1.165, 1.54) is 11.8 Å². The van der Waals surface area contributed by atoms with Gasteiger partial charge in [0.25, 0.3) is 0 Å². The molecule has 2 N–H and O–H groups in total. The van der Waals surface area contributed by atoms with E-state index >= 15 is 0 Å². The van der Waals surface area contributed by atoms with E-state index in [1.54, 1.807) is 6.20 Å². The van der Waals surface area contributed by atoms with Gasteiger partial charge in [-0.25, -0.2) is 9.97 Å². The number of nitrogens with zero attached hydrogens (tertiary/aromatic N) is 2. The zero-order valence-corrected chi connectivity index (χ0v) is 11.6. The molecule has 0 aliphatic rings. The zero-order valence-electron chi connectivity index (χ0n) is 10.1. The molecule has 0 aliphatic heterocycles. The molecule has 2 aromatic rings. The summed E-state index contributed by atoms with van der Waals surface area (Å²) in [4.78, 5) is 9.59. The third-order valence-corrected chi connectivity index (χ3v) is 3.64. The number of nitrogens with two attached hydrogens (primary N) is 1. The largest absolute Gasteiger partial charge is 0.330 e. The minimum atomic E-state index is 0.604. The van der Waals surface area contributed by atoms with Crippen LogP contribution in [0.15, 0.2) is 40.5 Å². The third kappa shape index (κ3) is 3.45. The summed E-state index contributed by atoms with van der Waals surface area (Å²) in [6, 6.07) is 7.84. The highest BCUT2D eigenvalue weighted by Gasteiger charge is 2.04. The Morgan fingerprint density at radius 2 is 2.17 bits per heavy atom. The average molecular weight is 280 g/mol. The maximum absolute atomic E-state index is 6.20. The van der Waals surface area contributed by atoms with E-state index in [-0.39, 0.29) is 0 Å². The highest BCUT2D eigenvalue weighted by Crippen LogP contribution is 2.28. The van der Waals surface area contributed by atoms with Gasteiger partial charge in [0.2, 0.25) is 0 Å². The van der Waals surface area contributed by atoms with Gasteiger partial charge >= 0.3 is 0 Å². The van der Waals surface area contributed by atoms with Crippen LogP contribution < -0.4 is 5.73 Å². The smallest absolute Gasteiger partial charge is 0.192 e. The summed E-state index contributed by atoms with van der Waals surface area (Å²) in [5.41, 5.74) is 7.56. The quantitative estimate of drug-likeness (QED) is 0.874. The minimum Gasteiger partial charge on any atom is -0.330 e. The van der Waals surface area contributed by atoms with Gasteiger partial charge < -0.3 is 5.73 Å². The van der Waals surface area contributed by atoms with Crippen LogP contribution in [0.3, 0.4) is 0 Å². The zero-order chi connectivity index (χ0) is 13.0. The average Bonchev–Trinajstić information content (AvgIpc) is 2.33. The van der Waals surface area contributed by atoms with Crippen molar-refractivity contribution in [1.29, 1.82) is 0 Å². The van der Waals surface area contributed by atoms with Gasteiger partial charge in [-0.15, -0.1) is 0 Å². The van der Waals surface area contributed by atoms with Gasteiger partial charge in [0, 0.05) is 21.8 Å². The van der Waals surface area contributed by atoms with E-state index in [2.05, 4.69) is 9.97 Å². The molecule has 2 rings (SSSR count). The van der Waals surface area contributed by atoms with Crippen molar-refractivity contribution in [3.8, 4) is 0 Å². The van der Waals surface area contributed by atoms with Crippen molar-refractivity contribution < 1.29 is 0 Å². The molecule has 3 nitrogen and oxygen atoms in total. The van der Waals surface area contributed by atoms with Crippen molar-refractivity contribution in [3.05, 3.63) is 46.7 Å². The van der Waals surface area contributed by atoms with Crippen LogP contribution in [0.1, 0.15) is 11.3 Å². The summed E-state index contributed by atoms with van der Waals surface area (Å²) < 4.78 is 0. The second-order valence-corrected chi connectivity index (χ2v) is 5.32. The Kier molecular flexibility index (Phi) is 4.58. The number of rotatable bonds is 4. The molecule has 0 amide bonds. The maximum atomic E-state index is 6.20. The molecule has 0 bridgehead atoms. The van der Waals surface area contributed by atoms with E-state index in [4.69, 9.17) is 17.3 Å². The maximum Gasteiger partial charge on any atom is 0.192 e. The molecular weight excluding hydrogens is 266 g/mol. The van der Waals surface area contributed by atoms with Gasteiger partial charge in [0.15, 0.2) is 5.16 Å². The molecule has 0 radical (unpaired) electrons. The summed E-state index contributed by atoms with van der Waals surface area (Å²) >= 11 is 7.70. The molecule has 18 heavy (non-hydrogen) atoms. The second-order valence-electron chi connectivity index (χ2n) is 3.87. The standard InChI is InChI=1S/C13H14ClN3S/c1-9-5-7-16-13(17-9)18-11-3-2-10(4-6-15)12(14)8-11/h2-3,5,7-8H,4,6,15H2,1H3. The van der Waals surface area contributed by atoms with Crippen LogP contribution in [-0.2, 0) is 6.42 Å². The number of benzene rings is 1. The number of hydrogen-bond donors (Lipinski definition) is 1. The van der Waals surface area contributed by atoms with Crippen LogP contribution in [0, 0.1) is 6.92 Å². The van der Waals surface area contributed by atoms with E-state index in [0.29, 0.717) is 6.54 Å². The number of aromatic nitrogens is 2. The van der Waals surface area contributed by atoms with Crippen molar-refractivity contribution in [2.75, 3.05) is 6.54 Å². The second kappa shape index (κ2) is 6.18. The van der Waals surface area contributed by atoms with Crippen LogP contribution in [0.5, 0.6) is 0 Å². The van der Waals surface area contributed by atoms with E-state index in [1.807, 2.05) is 31.2 Å². The highest BCUT2D eigenvalue weighted by atomic mass is 35.5. The van der Waals surface area contributed by atoms with Crippen LogP contribution in [0.2, 0.25) is 5.02 Å². The fourth-order valence-corrected chi connectivity index (χ4v) is 2.70. The Balaban J connectivity index is 2.17. The van der Waals surface area contributed by atoms with E-state index in [9.17, 15) is 0 Å². The Labute approximate surface area is 116 Å². The van der Waals surface area contributed by atoms with Crippen molar-refractivity contribution >= 4 is 23.4 Å². The van der Waals surface area contributed by atoms with Crippen molar-refractivity contribution in [2.45, 2.75) is 23.4 Å². The highest BCUT2D eigenvalue weighted by molar-refractivity contribution is 7.99. The lowest BCUT2D eigenvalue weighted by Gasteiger charge is -2.05. The molecule has 1 heterocycles. The summed E-state index contributed by atoms with van der Waals surface area (Å²) in [7, 11) is 0. The van der Waals surface area contributed by atoms with Crippen molar-refractivity contribution in [2.24, 2.45) is 5.73 Å². The fourth-order valence-electron chi connectivity index (χ4n) is 1.53. The molecule has 1 aromatic carbocycles. The first-order chi connectivity index (χ1) is 8.69. The van der Waals surface area contributed by atoms with Gasteiger partial charge in [0.05, 0.1) is 0 Å². The van der Waals surface area contributed by atoms with Gasteiger partial charge in [0.1, 0.15) is 0 Å². The van der Waals surface area contributed by atoms with Crippen molar-refractivity contribution in [1.82, 2.24) is 9.97 Å². The summed E-state index contributed by atoms with van der Waals surface area (Å²) in [5, 5.41) is 1.48. The number of hydrogen-bond acceptors (Lipinski definition) is 4. The molecular formula is C13H14ClN3S. The first kappa shape index (κ1) is 13.3. The summed E-state index contributed by atoms with van der Waals surface area (Å²) in [6.45, 7) is 2.55. The lowest BCUT2D eigenvalue weighted by atomic mass is 10.1. The van der Waals surface area contributed by atoms with Crippen LogP contribution in [0.25, 0.3) is 0 Å². The Hall–Kier alpha value is -1.10. The predicted octanol–water partition coefficient (Wildman–Crippen LogP) is 3.09. The molecule has 0 saturated carbocycles. The van der Waals surface area contributed by atoms with Crippen LogP contribution in [0.4, 0.5) is 0 Å². The van der Waals surface area contributed by atoms with Crippen LogP contribution >= 0.6 is 23.4 Å². The Bertz CT molecular complexity index is 546. The van der Waals surface area contributed by atoms with Gasteiger partial charge in [-0.3, -0.25) is 0 Å². The molecule has 1 aromatic heterocycles. The summed E-state index contributed by atoms with van der Waals surface area (Å²) in [5.74, 6) is 0. The molecule has 0 spiro atoms. The molecule has 0 aliphatic carbocycles. The van der Waals surface area contributed by atoms with Crippen molar-refractivity contribution in [3.63, 3.8) is 0 Å². The van der Waals surface area contributed by atoms with Gasteiger partial charge in [-0.05, 0) is 55.4 Å². The Morgan fingerprint density at radius 3 is 2.83 bits per heavy atom. The van der Waals surface area contributed by atoms with E-state index in [0.717, 1.165) is 32.8 Å². The molecule has 5 heteroatoms. The molecule has 94 valence electrons. The number of aryl methyl sites for hydroxylation is 1. The minimum absolute atomic E-state index is 0.604. The lowest BCUT2D eigenvalue weighted by Crippen LogP contribution is -2.03. The van der Waals surface area contributed by atoms with Crippen LogP contribution in [-0.4, -0.2) is 16.5 Å². The fraction of sp³-hybridized carbons (Fsp3) is 0.231. The first-order valence-corrected chi connectivity index (χ1v) is 6.84. The molecule has 0 atom stereocenters. The lowest BCUT2D eigenvalue weighted by molar-refractivity contribution is 0.931.